The van der Waals surface area contributed by atoms with E-state index in [1.54, 1.807) is 0 Å². The number of carbonyl (C=O) groups is 1. The summed E-state index contributed by atoms with van der Waals surface area (Å²) in [6, 6.07) is 0. The molecule has 0 spiro atoms. The number of carbonyl (C=O) groups excluding carboxylic acids is 1. The first kappa shape index (κ1) is 65.8. The molecule has 2 aliphatic rings. The highest BCUT2D eigenvalue weighted by Crippen LogP contribution is 2.26. The number of aliphatic hydroxyl groups is 7. The summed E-state index contributed by atoms with van der Waals surface area (Å²) in [5, 5.41) is 72.3. The Morgan fingerprint density at radius 2 is 0.903 bits per heavy atom. The summed E-state index contributed by atoms with van der Waals surface area (Å²) < 4.78 is 34.4. The lowest BCUT2D eigenvalue weighted by atomic mass is 9.98. The van der Waals surface area contributed by atoms with Crippen LogP contribution in [0.15, 0.2) is 60.8 Å². The van der Waals surface area contributed by atoms with Crippen molar-refractivity contribution in [3.8, 4) is 0 Å². The molecule has 2 aliphatic heterocycles. The average molecular weight is 1020 g/mol. The van der Waals surface area contributed by atoms with Crippen LogP contribution in [0.3, 0.4) is 0 Å². The molecule has 2 fully saturated rings. The number of unbranched alkanes of at least 4 members (excludes halogenated alkanes) is 21. The van der Waals surface area contributed by atoms with Gasteiger partial charge in [0.1, 0.15) is 54.9 Å². The molecule has 11 unspecified atom stereocenters. The van der Waals surface area contributed by atoms with Crippen molar-refractivity contribution in [3.05, 3.63) is 60.8 Å². The quantitative estimate of drug-likeness (QED) is 0.0172. The minimum Gasteiger partial charge on any atom is -0.457 e. The molecule has 0 aromatic heterocycles. The Kier molecular flexibility index (Phi) is 41.1. The molecule has 14 nitrogen and oxygen atoms in total. The maximum atomic E-state index is 13.1. The lowest BCUT2D eigenvalue weighted by molar-refractivity contribution is -0.332. The van der Waals surface area contributed by atoms with Gasteiger partial charge in [-0.05, 0) is 57.8 Å². The first-order chi connectivity index (χ1) is 35.1. The fourth-order valence-corrected chi connectivity index (χ4v) is 8.72. The summed E-state index contributed by atoms with van der Waals surface area (Å²) in [4.78, 5) is 13.1. The molecule has 0 bridgehead atoms. The van der Waals surface area contributed by atoms with Gasteiger partial charge < -0.3 is 64.2 Å². The zero-order valence-electron chi connectivity index (χ0n) is 44.7. The van der Waals surface area contributed by atoms with Crippen molar-refractivity contribution in [2.24, 2.45) is 0 Å². The van der Waals surface area contributed by atoms with E-state index in [-0.39, 0.29) is 19.6 Å². The number of esters is 1. The number of rotatable bonds is 45. The van der Waals surface area contributed by atoms with Crippen LogP contribution in [0.4, 0.5) is 0 Å². The van der Waals surface area contributed by atoms with Gasteiger partial charge in [-0.2, -0.15) is 0 Å². The van der Waals surface area contributed by atoms with Crippen molar-refractivity contribution >= 4 is 5.97 Å². The Bertz CT molecular complexity index is 1420. The molecule has 14 heteroatoms. The molecular formula is C58H102O14. The van der Waals surface area contributed by atoms with Crippen molar-refractivity contribution in [3.63, 3.8) is 0 Å². The number of aliphatic hydroxyl groups excluding tert-OH is 7. The minimum absolute atomic E-state index is 0.0536. The van der Waals surface area contributed by atoms with E-state index in [2.05, 4.69) is 74.6 Å². The van der Waals surface area contributed by atoms with E-state index in [1.807, 2.05) is 0 Å². The van der Waals surface area contributed by atoms with E-state index in [0.29, 0.717) is 13.0 Å². The van der Waals surface area contributed by atoms with Gasteiger partial charge in [0.05, 0.1) is 26.4 Å². The normalized spacial score (nSPS) is 25.6. The van der Waals surface area contributed by atoms with Crippen LogP contribution in [-0.2, 0) is 33.2 Å². The fraction of sp³-hybridized carbons (Fsp3) is 0.810. The van der Waals surface area contributed by atoms with Crippen LogP contribution in [0.25, 0.3) is 0 Å². The lowest BCUT2D eigenvalue weighted by Gasteiger charge is -2.42. The monoisotopic (exact) mass is 1020 g/mol. The molecule has 11 atom stereocenters. The lowest BCUT2D eigenvalue weighted by Crippen LogP contribution is -2.61. The Balaban J connectivity index is 1.74. The van der Waals surface area contributed by atoms with Gasteiger partial charge in [0.2, 0.25) is 0 Å². The molecule has 0 aromatic carbocycles. The van der Waals surface area contributed by atoms with Gasteiger partial charge in [-0.3, -0.25) is 4.79 Å². The summed E-state index contributed by atoms with van der Waals surface area (Å²) in [6.45, 7) is 3.57. The third kappa shape index (κ3) is 31.5. The zero-order valence-corrected chi connectivity index (χ0v) is 44.7. The summed E-state index contributed by atoms with van der Waals surface area (Å²) in [5.74, 6) is -0.393. The molecule has 72 heavy (non-hydrogen) atoms. The molecule has 0 aromatic rings. The van der Waals surface area contributed by atoms with Gasteiger partial charge in [0.25, 0.3) is 0 Å². The second-order valence-corrected chi connectivity index (χ2v) is 19.7. The third-order valence-electron chi connectivity index (χ3n) is 13.3. The fourth-order valence-electron chi connectivity index (χ4n) is 8.72. The first-order valence-electron chi connectivity index (χ1n) is 28.4. The molecule has 0 amide bonds. The molecule has 0 saturated carbocycles. The Morgan fingerprint density at radius 3 is 1.42 bits per heavy atom. The summed E-state index contributed by atoms with van der Waals surface area (Å²) in [6.07, 6.45) is 38.4. The molecule has 2 saturated heterocycles. The number of ether oxygens (including phenoxy) is 6. The maximum absolute atomic E-state index is 13.1. The largest absolute Gasteiger partial charge is 0.457 e. The average Bonchev–Trinajstić information content (AvgIpc) is 3.38. The van der Waals surface area contributed by atoms with Crippen LogP contribution >= 0.6 is 0 Å². The van der Waals surface area contributed by atoms with Crippen molar-refractivity contribution in [1.29, 1.82) is 0 Å². The van der Waals surface area contributed by atoms with Crippen LogP contribution in [0.2, 0.25) is 0 Å². The second kappa shape index (κ2) is 44.9. The number of hydrogen-bond donors (Lipinski definition) is 7. The SMILES string of the molecule is CC/C=C\C/C=C\C/C=C\C/C=C\C/C=C\CCCCCCCC(=O)OC(COCCCCCCCCCCCCCCCCCCC)COC1OC(COC2OC(CO)C(O)C(O)C2O)C(O)C(O)C1O. The van der Waals surface area contributed by atoms with E-state index in [9.17, 15) is 40.5 Å². The predicted octanol–water partition coefficient (Wildman–Crippen LogP) is 9.69. The second-order valence-electron chi connectivity index (χ2n) is 19.7. The highest BCUT2D eigenvalue weighted by atomic mass is 16.7. The third-order valence-corrected chi connectivity index (χ3v) is 13.3. The van der Waals surface area contributed by atoms with Crippen LogP contribution in [0.5, 0.6) is 0 Å². The van der Waals surface area contributed by atoms with Crippen molar-refractivity contribution in [2.45, 2.75) is 268 Å². The highest BCUT2D eigenvalue weighted by Gasteiger charge is 2.47. The van der Waals surface area contributed by atoms with Gasteiger partial charge in [0, 0.05) is 13.0 Å². The molecule has 0 radical (unpaired) electrons. The topological polar surface area (TPSA) is 214 Å². The minimum atomic E-state index is -1.71. The molecule has 418 valence electrons. The van der Waals surface area contributed by atoms with Crippen molar-refractivity contribution in [2.75, 3.05) is 33.0 Å². The van der Waals surface area contributed by atoms with Gasteiger partial charge in [0.15, 0.2) is 12.6 Å². The molecule has 7 N–H and O–H groups in total. The van der Waals surface area contributed by atoms with Gasteiger partial charge in [-0.15, -0.1) is 0 Å². The Morgan fingerprint density at radius 1 is 0.472 bits per heavy atom. The number of hydrogen-bond acceptors (Lipinski definition) is 14. The van der Waals surface area contributed by atoms with E-state index in [4.69, 9.17) is 28.4 Å². The summed E-state index contributed by atoms with van der Waals surface area (Å²) in [5.41, 5.74) is 0. The van der Waals surface area contributed by atoms with Crippen LogP contribution in [0.1, 0.15) is 200 Å². The molecule has 2 heterocycles. The zero-order chi connectivity index (χ0) is 52.3. The van der Waals surface area contributed by atoms with E-state index in [1.165, 1.54) is 89.9 Å². The van der Waals surface area contributed by atoms with Crippen molar-refractivity contribution < 1.29 is 69.0 Å². The predicted molar refractivity (Wildman–Crippen MR) is 284 cm³/mol. The van der Waals surface area contributed by atoms with E-state index >= 15 is 0 Å². The van der Waals surface area contributed by atoms with Crippen LogP contribution in [0, 0.1) is 0 Å². The summed E-state index contributed by atoms with van der Waals surface area (Å²) in [7, 11) is 0. The van der Waals surface area contributed by atoms with E-state index in [0.717, 1.165) is 83.5 Å². The van der Waals surface area contributed by atoms with Gasteiger partial charge in [-0.25, -0.2) is 0 Å². The van der Waals surface area contributed by atoms with Gasteiger partial charge in [-0.1, -0.05) is 197 Å². The number of allylic oxidation sites excluding steroid dienone is 10. The molecular weight excluding hydrogens is 921 g/mol. The molecule has 2 rings (SSSR count). The standard InChI is InChI=1S/C58H102O14/c1-3-5-7-9-11-13-15-17-19-21-22-23-24-25-27-29-31-33-35-37-39-41-50(60)70-47(44-67-42-40-38-36-34-32-30-28-26-20-18-16-14-12-10-8-6-4-2)45-68-57-56(66)54(64)52(62)49(72-57)46-69-58-55(65)53(63)51(61)48(43-59)71-58/h5,7,11,13,17,19,22-23,25,27,47-49,51-59,61-66H,3-4,6,8-10,12,14-16,18,20-21,24,26,28-46H2,1-2H3/b7-5-,13-11-,19-17-,23-22-,27-25-. The highest BCUT2D eigenvalue weighted by molar-refractivity contribution is 5.69. The first-order valence-corrected chi connectivity index (χ1v) is 28.4. The van der Waals surface area contributed by atoms with Crippen LogP contribution in [-0.4, -0.2) is 142 Å². The Labute approximate surface area is 434 Å². The maximum Gasteiger partial charge on any atom is 0.306 e. The Hall–Kier alpha value is -2.31. The van der Waals surface area contributed by atoms with Crippen LogP contribution < -0.4 is 0 Å². The van der Waals surface area contributed by atoms with E-state index < -0.39 is 86.7 Å². The molecule has 0 aliphatic carbocycles. The summed E-state index contributed by atoms with van der Waals surface area (Å²) >= 11 is 0. The van der Waals surface area contributed by atoms with Gasteiger partial charge >= 0.3 is 5.97 Å². The van der Waals surface area contributed by atoms with Crippen molar-refractivity contribution in [1.82, 2.24) is 0 Å². The smallest absolute Gasteiger partial charge is 0.306 e.